The molecule has 0 spiro atoms. The van der Waals surface area contributed by atoms with Crippen LogP contribution in [0.5, 0.6) is 0 Å². The molecule has 13 heteroatoms. The van der Waals surface area contributed by atoms with Crippen molar-refractivity contribution in [2.24, 2.45) is 29.2 Å². The maximum absolute atomic E-state index is 13.3. The predicted molar refractivity (Wildman–Crippen MR) is 150 cm³/mol. The largest absolute Gasteiger partial charge is 0.393 e. The number of aliphatic hydroxyl groups excluding tert-OH is 4. The Morgan fingerprint density at radius 3 is 2.44 bits per heavy atom. The van der Waals surface area contributed by atoms with Gasteiger partial charge in [0.05, 0.1) is 61.8 Å². The Bertz CT molecular complexity index is 818. The number of hydrogen-bond acceptors (Lipinski definition) is 12. The lowest BCUT2D eigenvalue weighted by atomic mass is 9.81. The monoisotopic (exact) mass is 591 g/mol. The van der Waals surface area contributed by atoms with E-state index in [2.05, 4.69) is 5.32 Å². The Labute approximate surface area is 243 Å². The Hall–Kier alpha value is -1.23. The molecule has 11 atom stereocenters. The van der Waals surface area contributed by atoms with Gasteiger partial charge in [-0.05, 0) is 18.8 Å². The first-order valence-corrected chi connectivity index (χ1v) is 14.6. The number of nitrogens with two attached hydrogens (primary N) is 2. The highest BCUT2D eigenvalue weighted by molar-refractivity contribution is 5.80. The van der Waals surface area contributed by atoms with E-state index < -0.39 is 72.7 Å². The number of carbonyl (C=O) groups is 1. The highest BCUT2D eigenvalue weighted by Gasteiger charge is 2.50. The fraction of sp³-hybridized carbons (Fsp3) is 0.893. The van der Waals surface area contributed by atoms with Crippen LogP contribution >= 0.6 is 0 Å². The Kier molecular flexibility index (Phi) is 14.5. The summed E-state index contributed by atoms with van der Waals surface area (Å²) in [7, 11) is 0. The molecule has 0 bridgehead atoms. The SMILES string of the molecule is CC(C)/C=C/[C@@H](C[C@@H]1O[C@](O)(C[C@@H](O)C(C)C)C[C@H](O)[C@H]1C(=O)NCCOCCN)OC1OC(C)C(O)C(N)C1O. The van der Waals surface area contributed by atoms with Crippen molar-refractivity contribution in [3.63, 3.8) is 0 Å². The van der Waals surface area contributed by atoms with Crippen molar-refractivity contribution in [3.05, 3.63) is 12.2 Å². The molecule has 2 fully saturated rings. The van der Waals surface area contributed by atoms with E-state index in [0.717, 1.165) is 0 Å². The summed E-state index contributed by atoms with van der Waals surface area (Å²) in [5, 5.41) is 56.5. The van der Waals surface area contributed by atoms with Crippen LogP contribution in [0.1, 0.15) is 53.9 Å². The summed E-state index contributed by atoms with van der Waals surface area (Å²) in [5.41, 5.74) is 11.4. The first kappa shape index (κ1) is 36.0. The Balaban J connectivity index is 2.32. The number of rotatable bonds is 15. The van der Waals surface area contributed by atoms with Crippen LogP contribution in [0.3, 0.4) is 0 Å². The van der Waals surface area contributed by atoms with Crippen molar-refractivity contribution in [2.75, 3.05) is 26.3 Å². The number of nitrogens with one attached hydrogen (secondary N) is 1. The first-order valence-electron chi connectivity index (χ1n) is 14.6. The van der Waals surface area contributed by atoms with Gasteiger partial charge in [0.25, 0.3) is 0 Å². The molecule has 0 aromatic heterocycles. The molecule has 0 aromatic rings. The van der Waals surface area contributed by atoms with E-state index in [0.29, 0.717) is 13.2 Å². The number of allylic oxidation sites excluding steroid dienone is 1. The summed E-state index contributed by atoms with van der Waals surface area (Å²) in [6.45, 7) is 10.2. The van der Waals surface area contributed by atoms with Crippen molar-refractivity contribution < 1.29 is 49.3 Å². The molecule has 2 aliphatic rings. The highest BCUT2D eigenvalue weighted by Crippen LogP contribution is 2.38. The predicted octanol–water partition coefficient (Wildman–Crippen LogP) is -1.28. The minimum absolute atomic E-state index is 0.0130. The second-order valence-electron chi connectivity index (χ2n) is 11.9. The number of aliphatic hydroxyl groups is 5. The third-order valence-electron chi connectivity index (χ3n) is 7.50. The van der Waals surface area contributed by atoms with Crippen LogP contribution in [0.25, 0.3) is 0 Å². The molecule has 5 unspecified atom stereocenters. The highest BCUT2D eigenvalue weighted by atomic mass is 16.7. The summed E-state index contributed by atoms with van der Waals surface area (Å²) in [4.78, 5) is 13.3. The lowest BCUT2D eigenvalue weighted by Gasteiger charge is -2.46. The molecule has 0 saturated carbocycles. The summed E-state index contributed by atoms with van der Waals surface area (Å²) in [6.07, 6.45) is -5.22. The van der Waals surface area contributed by atoms with Gasteiger partial charge >= 0.3 is 0 Å². The summed E-state index contributed by atoms with van der Waals surface area (Å²) in [6, 6.07) is -1.01. The Morgan fingerprint density at radius 2 is 1.83 bits per heavy atom. The topological polar surface area (TPSA) is 219 Å². The molecule has 0 aromatic carbocycles. The molecular formula is C28H53N3O10. The maximum Gasteiger partial charge on any atom is 0.228 e. The van der Waals surface area contributed by atoms with Gasteiger partial charge in [-0.1, -0.05) is 39.8 Å². The third-order valence-corrected chi connectivity index (χ3v) is 7.50. The van der Waals surface area contributed by atoms with E-state index in [1.807, 2.05) is 19.9 Å². The van der Waals surface area contributed by atoms with Crippen LogP contribution in [-0.2, 0) is 23.7 Å². The molecule has 2 saturated heterocycles. The van der Waals surface area contributed by atoms with Gasteiger partial charge in [-0.2, -0.15) is 0 Å². The average molecular weight is 592 g/mol. The van der Waals surface area contributed by atoms with Crippen LogP contribution in [0.15, 0.2) is 12.2 Å². The van der Waals surface area contributed by atoms with Gasteiger partial charge in [0.15, 0.2) is 12.1 Å². The molecule has 2 heterocycles. The van der Waals surface area contributed by atoms with Crippen molar-refractivity contribution in [1.82, 2.24) is 5.32 Å². The van der Waals surface area contributed by atoms with Crippen molar-refractivity contribution >= 4 is 5.91 Å². The van der Waals surface area contributed by atoms with Gasteiger partial charge < -0.3 is 61.3 Å². The van der Waals surface area contributed by atoms with E-state index >= 15 is 0 Å². The van der Waals surface area contributed by atoms with Crippen LogP contribution in [0.2, 0.25) is 0 Å². The molecule has 10 N–H and O–H groups in total. The van der Waals surface area contributed by atoms with E-state index in [1.165, 1.54) is 0 Å². The van der Waals surface area contributed by atoms with Gasteiger partial charge in [0.1, 0.15) is 6.10 Å². The molecule has 1 amide bonds. The minimum Gasteiger partial charge on any atom is -0.393 e. The minimum atomic E-state index is -1.90. The number of hydrogen-bond donors (Lipinski definition) is 8. The third kappa shape index (κ3) is 10.8. The van der Waals surface area contributed by atoms with Gasteiger partial charge in [-0.3, -0.25) is 4.79 Å². The second-order valence-corrected chi connectivity index (χ2v) is 11.9. The van der Waals surface area contributed by atoms with Gasteiger partial charge in [0, 0.05) is 32.4 Å². The van der Waals surface area contributed by atoms with Gasteiger partial charge in [0.2, 0.25) is 5.91 Å². The number of amides is 1. The van der Waals surface area contributed by atoms with Crippen molar-refractivity contribution in [3.8, 4) is 0 Å². The molecule has 240 valence electrons. The smallest absolute Gasteiger partial charge is 0.228 e. The second kappa shape index (κ2) is 16.6. The first-order chi connectivity index (χ1) is 19.2. The Morgan fingerprint density at radius 1 is 1.15 bits per heavy atom. The molecule has 2 aliphatic heterocycles. The summed E-state index contributed by atoms with van der Waals surface area (Å²) < 4.78 is 23.2. The zero-order valence-electron chi connectivity index (χ0n) is 25.0. The molecule has 13 nitrogen and oxygen atoms in total. The fourth-order valence-corrected chi connectivity index (χ4v) is 5.00. The average Bonchev–Trinajstić information content (AvgIpc) is 2.88. The molecule has 41 heavy (non-hydrogen) atoms. The molecular weight excluding hydrogens is 538 g/mol. The van der Waals surface area contributed by atoms with Gasteiger partial charge in [-0.15, -0.1) is 0 Å². The van der Waals surface area contributed by atoms with Crippen LogP contribution in [-0.4, -0.2) is 119 Å². The molecule has 0 radical (unpaired) electrons. The zero-order chi connectivity index (χ0) is 30.9. The molecule has 2 rings (SSSR count). The fourth-order valence-electron chi connectivity index (χ4n) is 5.00. The lowest BCUT2D eigenvalue weighted by molar-refractivity contribution is -0.307. The van der Waals surface area contributed by atoms with Gasteiger partial charge in [-0.25, -0.2) is 0 Å². The summed E-state index contributed by atoms with van der Waals surface area (Å²) >= 11 is 0. The van der Waals surface area contributed by atoms with Crippen LogP contribution in [0, 0.1) is 17.8 Å². The quantitative estimate of drug-likeness (QED) is 0.0825. The van der Waals surface area contributed by atoms with Crippen LogP contribution in [0.4, 0.5) is 0 Å². The standard InChI is InChI=1S/C28H53N3O10/c1-15(2)6-7-18(40-27-25(35)23(30)24(34)17(5)39-27)12-21-22(26(36)31-9-11-38-10-8-29)20(33)14-28(37,41-21)13-19(32)16(3)4/h6-7,15-25,27,32-35,37H,8-14,29-30H2,1-5H3,(H,31,36)/b7-6+/t17?,18-,19+,20-,21-,22+,23?,24?,25?,27?,28+/m0/s1. The van der Waals surface area contributed by atoms with Crippen LogP contribution < -0.4 is 16.8 Å². The zero-order valence-corrected chi connectivity index (χ0v) is 25.0. The van der Waals surface area contributed by atoms with Crippen molar-refractivity contribution in [2.45, 2.75) is 115 Å². The van der Waals surface area contributed by atoms with E-state index in [1.54, 1.807) is 26.8 Å². The summed E-state index contributed by atoms with van der Waals surface area (Å²) in [5.74, 6) is -3.53. The number of ether oxygens (including phenoxy) is 4. The lowest BCUT2D eigenvalue weighted by Crippen LogP contribution is -2.62. The van der Waals surface area contributed by atoms with E-state index in [4.69, 9.17) is 30.4 Å². The molecule has 0 aliphatic carbocycles. The normalized spacial score (nSPS) is 36.1. The maximum atomic E-state index is 13.3. The van der Waals surface area contributed by atoms with E-state index in [9.17, 15) is 30.3 Å². The van der Waals surface area contributed by atoms with E-state index in [-0.39, 0.29) is 44.2 Å². The van der Waals surface area contributed by atoms with Crippen molar-refractivity contribution in [1.29, 1.82) is 0 Å². The number of carbonyl (C=O) groups excluding carboxylic acids is 1.